The number of hydrogen-bond donors (Lipinski definition) is 0. The molecule has 172 valence electrons. The van der Waals surface area contributed by atoms with Crippen LogP contribution in [0.15, 0.2) is 61.1 Å². The molecule has 1 aliphatic rings. The van der Waals surface area contributed by atoms with Gasteiger partial charge >= 0.3 is 0 Å². The van der Waals surface area contributed by atoms with Crippen molar-refractivity contribution < 1.29 is 9.59 Å². The molecule has 2 amide bonds. The molecule has 0 aliphatic carbocycles. The van der Waals surface area contributed by atoms with Crippen molar-refractivity contribution in [2.75, 3.05) is 26.2 Å². The van der Waals surface area contributed by atoms with Crippen molar-refractivity contribution in [3.63, 3.8) is 0 Å². The second-order valence-corrected chi connectivity index (χ2v) is 8.70. The third-order valence-electron chi connectivity index (χ3n) is 6.47. The zero-order valence-electron chi connectivity index (χ0n) is 19.7. The molecular weight excluding hydrogens is 412 g/mol. The van der Waals surface area contributed by atoms with Gasteiger partial charge in [-0.3, -0.25) is 9.59 Å². The van der Waals surface area contributed by atoms with E-state index in [0.717, 1.165) is 11.1 Å². The Bertz CT molecular complexity index is 1120. The van der Waals surface area contributed by atoms with Crippen LogP contribution in [0, 0.1) is 12.8 Å². The average Bonchev–Trinajstić information content (AvgIpc) is 3.25. The van der Waals surface area contributed by atoms with Crippen LogP contribution in [-0.4, -0.2) is 57.3 Å². The molecule has 33 heavy (non-hydrogen) atoms. The number of carbonyl (C=O) groups is 2. The highest BCUT2D eigenvalue weighted by Gasteiger charge is 2.32. The first-order chi connectivity index (χ1) is 16.0. The molecule has 0 spiro atoms. The first-order valence-corrected chi connectivity index (χ1v) is 11.7. The summed E-state index contributed by atoms with van der Waals surface area (Å²) in [6, 6.07) is 16.9. The van der Waals surface area contributed by atoms with Gasteiger partial charge in [-0.1, -0.05) is 54.1 Å². The highest BCUT2D eigenvalue weighted by Crippen LogP contribution is 2.23. The third kappa shape index (κ3) is 5.00. The summed E-state index contributed by atoms with van der Waals surface area (Å²) in [5.74, 6) is -0.196. The number of benzene rings is 2. The van der Waals surface area contributed by atoms with Crippen LogP contribution < -0.4 is 0 Å². The second-order valence-electron chi connectivity index (χ2n) is 8.70. The van der Waals surface area contributed by atoms with Gasteiger partial charge in [0.25, 0.3) is 5.91 Å². The summed E-state index contributed by atoms with van der Waals surface area (Å²) in [4.78, 5) is 34.3. The lowest BCUT2D eigenvalue weighted by atomic mass is 9.95. The maximum absolute atomic E-state index is 13.3. The van der Waals surface area contributed by atoms with Crippen molar-refractivity contribution in [2.45, 2.75) is 33.7 Å². The highest BCUT2D eigenvalue weighted by atomic mass is 16.2. The lowest BCUT2D eigenvalue weighted by Crippen LogP contribution is -2.38. The van der Waals surface area contributed by atoms with Crippen LogP contribution in [0.3, 0.4) is 0 Å². The number of carbonyl (C=O) groups excluding carboxylic acids is 2. The predicted molar refractivity (Wildman–Crippen MR) is 130 cm³/mol. The standard InChI is InChI=1S/C27H32N4O2/c1-4-29-13-14-31(27(33)25-17-28-19-30(25)5-2)18-24(26(29)32)16-21-9-11-22(12-10-21)23-8-6-7-20(3)15-23/h6-12,15,17,19,24H,4-5,13-14,16,18H2,1-3H3/t24-/m1/s1. The summed E-state index contributed by atoms with van der Waals surface area (Å²) in [7, 11) is 0. The van der Waals surface area contributed by atoms with Crippen LogP contribution >= 0.6 is 0 Å². The molecule has 4 rings (SSSR count). The summed E-state index contributed by atoms with van der Waals surface area (Å²) in [5, 5.41) is 0. The van der Waals surface area contributed by atoms with Gasteiger partial charge < -0.3 is 14.4 Å². The molecule has 6 heteroatoms. The van der Waals surface area contributed by atoms with Crippen LogP contribution in [0.2, 0.25) is 0 Å². The molecule has 0 radical (unpaired) electrons. The van der Waals surface area contributed by atoms with Crippen LogP contribution in [0.5, 0.6) is 0 Å². The summed E-state index contributed by atoms with van der Waals surface area (Å²) in [5.41, 5.74) is 5.27. The Balaban J connectivity index is 1.54. The first-order valence-electron chi connectivity index (χ1n) is 11.7. The molecule has 2 heterocycles. The fourth-order valence-corrected chi connectivity index (χ4v) is 4.55. The van der Waals surface area contributed by atoms with Gasteiger partial charge in [0.1, 0.15) is 5.69 Å². The minimum Gasteiger partial charge on any atom is -0.341 e. The Labute approximate surface area is 195 Å². The SMILES string of the molecule is CCN1CCN(C(=O)c2cncn2CC)C[C@@H](Cc2ccc(-c3cccc(C)c3)cc2)C1=O. The summed E-state index contributed by atoms with van der Waals surface area (Å²) < 4.78 is 1.85. The third-order valence-corrected chi connectivity index (χ3v) is 6.47. The van der Waals surface area contributed by atoms with Gasteiger partial charge in [-0.2, -0.15) is 0 Å². The normalized spacial score (nSPS) is 16.7. The van der Waals surface area contributed by atoms with E-state index in [1.165, 1.54) is 11.1 Å². The second kappa shape index (κ2) is 10.0. The van der Waals surface area contributed by atoms with E-state index in [9.17, 15) is 9.59 Å². The van der Waals surface area contributed by atoms with Gasteiger partial charge in [-0.25, -0.2) is 4.98 Å². The Morgan fingerprint density at radius 1 is 1.03 bits per heavy atom. The van der Waals surface area contributed by atoms with E-state index in [2.05, 4.69) is 60.4 Å². The minimum atomic E-state index is -0.265. The first kappa shape index (κ1) is 22.8. The Morgan fingerprint density at radius 2 is 1.82 bits per heavy atom. The zero-order chi connectivity index (χ0) is 23.4. The molecule has 1 saturated heterocycles. The van der Waals surface area contributed by atoms with Gasteiger partial charge in [-0.15, -0.1) is 0 Å². The largest absolute Gasteiger partial charge is 0.341 e. The number of rotatable bonds is 6. The molecule has 1 aromatic heterocycles. The quantitative estimate of drug-likeness (QED) is 0.577. The summed E-state index contributed by atoms with van der Waals surface area (Å²) in [6.07, 6.45) is 3.91. The van der Waals surface area contributed by atoms with E-state index in [-0.39, 0.29) is 17.7 Å². The summed E-state index contributed by atoms with van der Waals surface area (Å²) >= 11 is 0. The molecule has 6 nitrogen and oxygen atoms in total. The molecule has 1 aliphatic heterocycles. The van der Waals surface area contributed by atoms with E-state index in [1.807, 2.05) is 28.2 Å². The molecule has 0 bridgehead atoms. The smallest absolute Gasteiger partial charge is 0.272 e. The van der Waals surface area contributed by atoms with Crippen molar-refractivity contribution in [1.29, 1.82) is 0 Å². The number of aryl methyl sites for hydroxylation is 2. The molecule has 0 unspecified atom stereocenters. The van der Waals surface area contributed by atoms with Crippen LogP contribution in [0.1, 0.15) is 35.5 Å². The Hall–Kier alpha value is -3.41. The lowest BCUT2D eigenvalue weighted by Gasteiger charge is -2.24. The zero-order valence-corrected chi connectivity index (χ0v) is 19.7. The summed E-state index contributed by atoms with van der Waals surface area (Å²) in [6.45, 7) is 8.93. The van der Waals surface area contributed by atoms with Gasteiger partial charge in [0.05, 0.1) is 18.4 Å². The molecule has 1 atom stereocenters. The lowest BCUT2D eigenvalue weighted by molar-refractivity contribution is -0.134. The Kier molecular flexibility index (Phi) is 6.92. The Morgan fingerprint density at radius 3 is 2.52 bits per heavy atom. The number of hydrogen-bond acceptors (Lipinski definition) is 3. The topological polar surface area (TPSA) is 58.4 Å². The van der Waals surface area contributed by atoms with Crippen molar-refractivity contribution in [3.8, 4) is 11.1 Å². The van der Waals surface area contributed by atoms with Crippen LogP contribution in [-0.2, 0) is 17.8 Å². The van der Waals surface area contributed by atoms with Crippen molar-refractivity contribution in [3.05, 3.63) is 77.9 Å². The van der Waals surface area contributed by atoms with E-state index in [4.69, 9.17) is 0 Å². The molecule has 3 aromatic rings. The van der Waals surface area contributed by atoms with Gasteiger partial charge in [0, 0.05) is 32.7 Å². The molecule has 1 fully saturated rings. The molecule has 0 N–H and O–H groups in total. The maximum atomic E-state index is 13.3. The van der Waals surface area contributed by atoms with Crippen molar-refractivity contribution in [2.24, 2.45) is 5.92 Å². The number of nitrogens with zero attached hydrogens (tertiary/aromatic N) is 4. The number of amides is 2. The van der Waals surface area contributed by atoms with Crippen molar-refractivity contribution in [1.82, 2.24) is 19.4 Å². The minimum absolute atomic E-state index is 0.0556. The fraction of sp³-hybridized carbons (Fsp3) is 0.370. The maximum Gasteiger partial charge on any atom is 0.272 e. The van der Waals surface area contributed by atoms with E-state index in [1.54, 1.807) is 12.5 Å². The van der Waals surface area contributed by atoms with Gasteiger partial charge in [0.15, 0.2) is 0 Å². The molecule has 0 saturated carbocycles. The van der Waals surface area contributed by atoms with E-state index < -0.39 is 0 Å². The monoisotopic (exact) mass is 444 g/mol. The van der Waals surface area contributed by atoms with Gasteiger partial charge in [-0.05, 0) is 43.9 Å². The van der Waals surface area contributed by atoms with Crippen LogP contribution in [0.4, 0.5) is 0 Å². The fourth-order valence-electron chi connectivity index (χ4n) is 4.55. The van der Waals surface area contributed by atoms with E-state index >= 15 is 0 Å². The van der Waals surface area contributed by atoms with Gasteiger partial charge in [0.2, 0.25) is 5.91 Å². The van der Waals surface area contributed by atoms with Crippen LogP contribution in [0.25, 0.3) is 11.1 Å². The molecule has 2 aromatic carbocycles. The number of likely N-dealkylation sites (N-methyl/N-ethyl adjacent to an activating group) is 1. The number of aromatic nitrogens is 2. The van der Waals surface area contributed by atoms with Crippen molar-refractivity contribution >= 4 is 11.8 Å². The molecular formula is C27H32N4O2. The predicted octanol–water partition coefficient (Wildman–Crippen LogP) is 4.04. The highest BCUT2D eigenvalue weighted by molar-refractivity contribution is 5.93. The average molecular weight is 445 g/mol. The number of imidazole rings is 1. The van der Waals surface area contributed by atoms with E-state index in [0.29, 0.717) is 44.8 Å².